The number of halogens is 1. The third-order valence-corrected chi connectivity index (χ3v) is 3.29. The Morgan fingerprint density at radius 1 is 1.25 bits per heavy atom. The first kappa shape index (κ1) is 10.8. The molecule has 84 valence electrons. The number of aromatic amines is 1. The van der Waals surface area contributed by atoms with Gasteiger partial charge in [-0.15, -0.1) is 5.10 Å². The Morgan fingerprint density at radius 3 is 2.50 bits per heavy atom. The molecule has 0 fully saturated rings. The molecular weight excluding hydrogens is 254 g/mol. The molecule has 2 aromatic rings. The molecule has 1 aromatic heterocycles. The van der Waals surface area contributed by atoms with E-state index < -0.39 is 10.0 Å². The van der Waals surface area contributed by atoms with Crippen molar-refractivity contribution in [1.29, 1.82) is 0 Å². The van der Waals surface area contributed by atoms with Crippen molar-refractivity contribution in [1.82, 2.24) is 20.6 Å². The van der Waals surface area contributed by atoms with Crippen LogP contribution >= 0.6 is 11.6 Å². The van der Waals surface area contributed by atoms with E-state index in [1.807, 2.05) is 0 Å². The second kappa shape index (κ2) is 4.06. The fourth-order valence-electron chi connectivity index (χ4n) is 0.998. The smallest absolute Gasteiger partial charge is 0.245 e. The molecule has 1 heterocycles. The Kier molecular flexibility index (Phi) is 2.75. The van der Waals surface area contributed by atoms with Gasteiger partial charge < -0.3 is 0 Å². The Hall–Kier alpha value is -1.67. The molecule has 0 amide bonds. The zero-order valence-electron chi connectivity index (χ0n) is 7.75. The van der Waals surface area contributed by atoms with Gasteiger partial charge in [-0.1, -0.05) is 16.7 Å². The maximum Gasteiger partial charge on any atom is 0.276 e. The van der Waals surface area contributed by atoms with Gasteiger partial charge in [0.25, 0.3) is 16.0 Å². The van der Waals surface area contributed by atoms with E-state index in [9.17, 15) is 8.42 Å². The highest BCUT2D eigenvalue weighted by atomic mass is 35.5. The van der Waals surface area contributed by atoms with Crippen molar-refractivity contribution in [2.24, 2.45) is 0 Å². The van der Waals surface area contributed by atoms with Crippen LogP contribution in [0.2, 0.25) is 5.02 Å². The molecule has 0 unspecified atom stereocenters. The number of H-pyrrole nitrogens is 1. The molecule has 0 atom stereocenters. The van der Waals surface area contributed by atoms with Gasteiger partial charge in [-0.2, -0.15) is 5.21 Å². The topological polar surface area (TPSA) is 101 Å². The molecule has 7 nitrogen and oxygen atoms in total. The summed E-state index contributed by atoms with van der Waals surface area (Å²) in [5.41, 5.74) is 0. The van der Waals surface area contributed by atoms with Gasteiger partial charge >= 0.3 is 0 Å². The average molecular weight is 260 g/mol. The Bertz CT molecular complexity index is 565. The number of rotatable bonds is 3. The quantitative estimate of drug-likeness (QED) is 0.843. The first-order valence-electron chi connectivity index (χ1n) is 4.10. The van der Waals surface area contributed by atoms with Gasteiger partial charge in [-0.3, -0.25) is 0 Å². The molecule has 1 aromatic carbocycles. The van der Waals surface area contributed by atoms with E-state index in [1.165, 1.54) is 24.3 Å². The van der Waals surface area contributed by atoms with Crippen molar-refractivity contribution in [3.05, 3.63) is 29.3 Å². The summed E-state index contributed by atoms with van der Waals surface area (Å²) < 4.78 is 25.6. The molecule has 2 rings (SSSR count). The SMILES string of the molecule is O=S(=O)(Nc1nn[nH]n1)c1ccc(Cl)cc1. The fourth-order valence-corrected chi connectivity index (χ4v) is 2.06. The number of aromatic nitrogens is 4. The van der Waals surface area contributed by atoms with Gasteiger partial charge in [-0.05, 0) is 29.5 Å². The lowest BCUT2D eigenvalue weighted by atomic mass is 10.4. The van der Waals surface area contributed by atoms with Crippen molar-refractivity contribution < 1.29 is 8.42 Å². The first-order valence-corrected chi connectivity index (χ1v) is 5.96. The van der Waals surface area contributed by atoms with Crippen molar-refractivity contribution in [3.8, 4) is 0 Å². The molecule has 0 saturated carbocycles. The molecule has 0 bridgehead atoms. The summed E-state index contributed by atoms with van der Waals surface area (Å²) in [7, 11) is -3.69. The molecule has 16 heavy (non-hydrogen) atoms. The van der Waals surface area contributed by atoms with Crippen molar-refractivity contribution in [2.45, 2.75) is 4.90 Å². The Balaban J connectivity index is 2.29. The van der Waals surface area contributed by atoms with Crippen LogP contribution in [0.1, 0.15) is 0 Å². The van der Waals surface area contributed by atoms with Crippen LogP contribution in [-0.2, 0) is 10.0 Å². The number of benzene rings is 1. The van der Waals surface area contributed by atoms with Crippen LogP contribution in [0, 0.1) is 0 Å². The highest BCUT2D eigenvalue weighted by Gasteiger charge is 2.15. The van der Waals surface area contributed by atoms with Crippen LogP contribution in [0.25, 0.3) is 0 Å². The summed E-state index contributed by atoms with van der Waals surface area (Å²) in [6, 6.07) is 5.72. The van der Waals surface area contributed by atoms with Gasteiger partial charge in [0.1, 0.15) is 0 Å². The van der Waals surface area contributed by atoms with Gasteiger partial charge in [0.2, 0.25) is 0 Å². The van der Waals surface area contributed by atoms with Crippen LogP contribution in [0.3, 0.4) is 0 Å². The standard InChI is InChI=1S/C7H6ClN5O2S/c8-5-1-3-6(4-2-5)16(14,15)11-7-9-12-13-10-7/h1-4H,(H2,9,10,11,12,13). The number of nitrogens with one attached hydrogen (secondary N) is 2. The highest BCUT2D eigenvalue weighted by Crippen LogP contribution is 2.15. The molecule has 0 spiro atoms. The lowest BCUT2D eigenvalue weighted by Gasteiger charge is -2.03. The molecule has 9 heteroatoms. The van der Waals surface area contributed by atoms with E-state index in [1.54, 1.807) is 0 Å². The maximum atomic E-state index is 11.7. The number of tetrazole rings is 1. The molecular formula is C7H6ClN5O2S. The maximum absolute atomic E-state index is 11.7. The zero-order valence-corrected chi connectivity index (χ0v) is 9.33. The predicted octanol–water partition coefficient (Wildman–Crippen LogP) is 0.654. The molecule has 0 saturated heterocycles. The van der Waals surface area contributed by atoms with Gasteiger partial charge in [0.05, 0.1) is 4.90 Å². The Morgan fingerprint density at radius 2 is 1.94 bits per heavy atom. The average Bonchev–Trinajstić information content (AvgIpc) is 2.70. The molecule has 0 aliphatic heterocycles. The number of nitrogens with zero attached hydrogens (tertiary/aromatic N) is 3. The molecule has 0 radical (unpaired) electrons. The van der Waals surface area contributed by atoms with Crippen LogP contribution in [0.5, 0.6) is 0 Å². The molecule has 2 N–H and O–H groups in total. The van der Waals surface area contributed by atoms with Gasteiger partial charge in [0, 0.05) is 5.02 Å². The van der Waals surface area contributed by atoms with Crippen LogP contribution in [0.15, 0.2) is 29.2 Å². The van der Waals surface area contributed by atoms with Crippen LogP contribution in [0.4, 0.5) is 5.95 Å². The van der Waals surface area contributed by atoms with Gasteiger partial charge in [0.15, 0.2) is 0 Å². The third kappa shape index (κ3) is 2.28. The Labute approximate surface area is 95.9 Å². The summed E-state index contributed by atoms with van der Waals surface area (Å²) in [5, 5.41) is 12.8. The second-order valence-corrected chi connectivity index (χ2v) is 4.91. The summed E-state index contributed by atoms with van der Waals surface area (Å²) in [6.07, 6.45) is 0. The lowest BCUT2D eigenvalue weighted by molar-refractivity contribution is 0.601. The van der Waals surface area contributed by atoms with Crippen LogP contribution < -0.4 is 4.72 Å². The number of anilines is 1. The summed E-state index contributed by atoms with van der Waals surface area (Å²) in [6.45, 7) is 0. The van der Waals surface area contributed by atoms with E-state index in [-0.39, 0.29) is 10.8 Å². The highest BCUT2D eigenvalue weighted by molar-refractivity contribution is 7.92. The van der Waals surface area contributed by atoms with Crippen molar-refractivity contribution >= 4 is 27.6 Å². The third-order valence-electron chi connectivity index (χ3n) is 1.69. The largest absolute Gasteiger partial charge is 0.276 e. The normalized spacial score (nSPS) is 11.3. The van der Waals surface area contributed by atoms with E-state index in [4.69, 9.17) is 11.6 Å². The van der Waals surface area contributed by atoms with E-state index >= 15 is 0 Å². The monoisotopic (exact) mass is 259 g/mol. The van der Waals surface area contributed by atoms with E-state index in [2.05, 4.69) is 25.3 Å². The second-order valence-electron chi connectivity index (χ2n) is 2.79. The first-order chi connectivity index (χ1) is 7.58. The number of hydrogen-bond donors (Lipinski definition) is 2. The number of sulfonamides is 1. The number of hydrogen-bond acceptors (Lipinski definition) is 5. The minimum Gasteiger partial charge on any atom is -0.245 e. The van der Waals surface area contributed by atoms with Crippen molar-refractivity contribution in [2.75, 3.05) is 4.72 Å². The summed E-state index contributed by atoms with van der Waals surface area (Å²) in [5.74, 6) is -0.116. The summed E-state index contributed by atoms with van der Waals surface area (Å²) >= 11 is 5.65. The fraction of sp³-hybridized carbons (Fsp3) is 0. The molecule has 0 aliphatic rings. The van der Waals surface area contributed by atoms with E-state index in [0.29, 0.717) is 5.02 Å². The predicted molar refractivity (Wildman–Crippen MR) is 56.4 cm³/mol. The summed E-state index contributed by atoms with van der Waals surface area (Å²) in [4.78, 5) is 0.0710. The van der Waals surface area contributed by atoms with E-state index in [0.717, 1.165) is 0 Å². The van der Waals surface area contributed by atoms with Crippen molar-refractivity contribution in [3.63, 3.8) is 0 Å². The van der Waals surface area contributed by atoms with Crippen LogP contribution in [-0.4, -0.2) is 29.0 Å². The zero-order chi connectivity index (χ0) is 11.6. The minimum atomic E-state index is -3.69. The lowest BCUT2D eigenvalue weighted by Crippen LogP contribution is -2.13. The van der Waals surface area contributed by atoms with Gasteiger partial charge in [-0.25, -0.2) is 13.1 Å². The minimum absolute atomic E-state index is 0.0710. The molecule has 0 aliphatic carbocycles.